The van der Waals surface area contributed by atoms with Crippen molar-refractivity contribution in [2.75, 3.05) is 61.5 Å². The van der Waals surface area contributed by atoms with Crippen molar-refractivity contribution in [2.45, 2.75) is 39.0 Å². The van der Waals surface area contributed by atoms with E-state index >= 15 is 0 Å². The van der Waals surface area contributed by atoms with Crippen LogP contribution in [-0.2, 0) is 36.0 Å². The highest BCUT2D eigenvalue weighted by Crippen LogP contribution is 2.16. The van der Waals surface area contributed by atoms with Crippen molar-refractivity contribution >= 4 is 17.6 Å². The van der Waals surface area contributed by atoms with E-state index in [4.69, 9.17) is 36.0 Å². The van der Waals surface area contributed by atoms with E-state index < -0.39 is 17.6 Å². The largest absolute Gasteiger partial charge is 0.678 e. The lowest BCUT2D eigenvalue weighted by atomic mass is 10.5. The molecule has 0 saturated carbocycles. The van der Waals surface area contributed by atoms with E-state index in [2.05, 4.69) is 6.55 Å². The number of hydrogen-bond donors (Lipinski definition) is 0. The van der Waals surface area contributed by atoms with Crippen LogP contribution < -0.4 is 0 Å². The molecule has 1 unspecified atom stereocenters. The van der Waals surface area contributed by atoms with Crippen molar-refractivity contribution < 1.29 is 36.0 Å². The molecular weight excluding hydrogens is 364 g/mol. The van der Waals surface area contributed by atoms with Gasteiger partial charge < -0.3 is 36.0 Å². The van der Waals surface area contributed by atoms with Gasteiger partial charge in [-0.25, -0.2) is 0 Å². The van der Waals surface area contributed by atoms with Crippen molar-refractivity contribution in [1.82, 2.24) is 0 Å². The molecule has 1 aliphatic heterocycles. The fraction of sp³-hybridized carbons (Fsp3) is 1.00. The van der Waals surface area contributed by atoms with Gasteiger partial charge in [0.25, 0.3) is 0 Å². The molecule has 0 bridgehead atoms. The van der Waals surface area contributed by atoms with Gasteiger partial charge in [-0.2, -0.15) is 0 Å². The first-order valence-corrected chi connectivity index (χ1v) is 12.8. The number of rotatable bonds is 14. The second-order valence-corrected chi connectivity index (χ2v) is 11.4. The molecule has 0 aliphatic carbocycles. The van der Waals surface area contributed by atoms with Gasteiger partial charge in [-0.1, -0.05) is 0 Å². The molecule has 0 aromatic heterocycles. The third-order valence-corrected chi connectivity index (χ3v) is 8.59. The topological polar surface area (TPSA) is 77.1 Å². The minimum absolute atomic E-state index is 0.363. The molecular formula is C15H36O8Si2. The maximum Gasteiger partial charge on any atom is 0.678 e. The summed E-state index contributed by atoms with van der Waals surface area (Å²) in [7, 11) is 1.34. The Morgan fingerprint density at radius 2 is 1.40 bits per heavy atom. The second-order valence-electron chi connectivity index (χ2n) is 5.45. The predicted octanol–water partition coefficient (Wildman–Crippen LogP) is 1.94. The molecule has 0 radical (unpaired) electrons. The molecule has 1 aliphatic rings. The lowest BCUT2D eigenvalue weighted by molar-refractivity contribution is 0.0226. The molecule has 0 aromatic carbocycles. The molecule has 1 atom stereocenters. The normalized spacial score (nSPS) is 17.2. The fourth-order valence-corrected chi connectivity index (χ4v) is 5.55. The summed E-state index contributed by atoms with van der Waals surface area (Å²) in [5.41, 5.74) is 0. The highest BCUT2D eigenvalue weighted by atomic mass is 28.4. The molecule has 0 N–H and O–H groups in total. The maximum atomic E-state index is 5.75. The van der Waals surface area contributed by atoms with Gasteiger partial charge >= 0.3 is 17.6 Å². The van der Waals surface area contributed by atoms with E-state index in [9.17, 15) is 0 Å². The van der Waals surface area contributed by atoms with Crippen LogP contribution in [0.4, 0.5) is 0 Å². The van der Waals surface area contributed by atoms with Crippen molar-refractivity contribution in [3.8, 4) is 0 Å². The monoisotopic (exact) mass is 400 g/mol. The highest BCUT2D eigenvalue weighted by Gasteiger charge is 2.40. The van der Waals surface area contributed by atoms with Crippen LogP contribution in [0, 0.1) is 0 Å². The van der Waals surface area contributed by atoms with Crippen LogP contribution in [0.15, 0.2) is 0 Å². The van der Waals surface area contributed by atoms with Crippen molar-refractivity contribution in [2.24, 2.45) is 0 Å². The van der Waals surface area contributed by atoms with Crippen LogP contribution in [0.5, 0.6) is 0 Å². The summed E-state index contributed by atoms with van der Waals surface area (Å²) in [6, 6.07) is 1.00. The second kappa shape index (κ2) is 14.2. The Balaban J connectivity index is 0.000000547. The van der Waals surface area contributed by atoms with Gasteiger partial charge in [0.15, 0.2) is 0 Å². The smallest absolute Gasteiger partial charge is 0.395 e. The Labute approximate surface area is 154 Å². The number of ether oxygens (including phenoxy) is 2. The Kier molecular flexibility index (Phi) is 14.3. The lowest BCUT2D eigenvalue weighted by Crippen LogP contribution is -2.45. The summed E-state index contributed by atoms with van der Waals surface area (Å²) in [6.07, 6.45) is 1.37. The number of epoxide rings is 1. The minimum Gasteiger partial charge on any atom is -0.395 e. The minimum atomic E-state index is -2.69. The van der Waals surface area contributed by atoms with Gasteiger partial charge in [0.2, 0.25) is 0 Å². The van der Waals surface area contributed by atoms with E-state index in [0.29, 0.717) is 6.10 Å². The van der Waals surface area contributed by atoms with Crippen LogP contribution in [0.2, 0.25) is 12.6 Å². The molecule has 1 heterocycles. The average Bonchev–Trinajstić information content (AvgIpc) is 3.43. The zero-order valence-corrected chi connectivity index (χ0v) is 18.8. The summed E-state index contributed by atoms with van der Waals surface area (Å²) < 4.78 is 41.5. The van der Waals surface area contributed by atoms with E-state index in [1.807, 2.05) is 13.8 Å². The zero-order valence-electron chi connectivity index (χ0n) is 16.8. The molecule has 0 spiro atoms. The van der Waals surface area contributed by atoms with Crippen LogP contribution in [0.3, 0.4) is 0 Å². The molecule has 25 heavy (non-hydrogen) atoms. The molecule has 0 amide bonds. The first kappa shape index (κ1) is 25.1. The average molecular weight is 401 g/mol. The molecule has 1 saturated heterocycles. The third-order valence-electron chi connectivity index (χ3n) is 3.53. The Bertz CT molecular complexity index is 290. The van der Waals surface area contributed by atoms with E-state index in [1.54, 1.807) is 0 Å². The molecule has 1 rings (SSSR count). The quantitative estimate of drug-likeness (QED) is 0.249. The SMILES string of the molecule is CCO[Si](C)(CCCOCC1CO1)OCC.CO[Si](OC)(OC)OC. The standard InChI is InChI=1S/C11H24O4Si.C4H12O4Si/c1-4-14-16(3,15-5-2)8-6-7-12-9-11-10-13-11;1-5-9(6-2,7-3)8-4/h11H,4-10H2,1-3H3;1-4H3. The van der Waals surface area contributed by atoms with Gasteiger partial charge in [-0.3, -0.25) is 0 Å². The van der Waals surface area contributed by atoms with E-state index in [-0.39, 0.29) is 0 Å². The van der Waals surface area contributed by atoms with Gasteiger partial charge in [-0.05, 0) is 32.9 Å². The Morgan fingerprint density at radius 1 is 0.920 bits per heavy atom. The molecule has 1 fully saturated rings. The van der Waals surface area contributed by atoms with Gasteiger partial charge in [-0.15, -0.1) is 0 Å². The molecule has 8 nitrogen and oxygen atoms in total. The van der Waals surface area contributed by atoms with E-state index in [0.717, 1.165) is 45.5 Å². The van der Waals surface area contributed by atoms with Crippen molar-refractivity contribution in [1.29, 1.82) is 0 Å². The molecule has 10 heteroatoms. The first-order valence-electron chi connectivity index (χ1n) is 8.62. The van der Waals surface area contributed by atoms with E-state index in [1.165, 1.54) is 28.4 Å². The fourth-order valence-electron chi connectivity index (χ4n) is 2.17. The van der Waals surface area contributed by atoms with Crippen molar-refractivity contribution in [3.05, 3.63) is 0 Å². The summed E-state index contributed by atoms with van der Waals surface area (Å²) in [4.78, 5) is 0. The third kappa shape index (κ3) is 11.4. The van der Waals surface area contributed by atoms with Crippen LogP contribution in [-0.4, -0.2) is 85.2 Å². The molecule has 152 valence electrons. The Morgan fingerprint density at radius 3 is 1.72 bits per heavy atom. The van der Waals surface area contributed by atoms with Gasteiger partial charge in [0, 0.05) is 48.3 Å². The van der Waals surface area contributed by atoms with Gasteiger partial charge in [0.1, 0.15) is 6.10 Å². The van der Waals surface area contributed by atoms with Gasteiger partial charge in [0.05, 0.1) is 13.2 Å². The summed E-state index contributed by atoms with van der Waals surface area (Å²) >= 11 is 0. The van der Waals surface area contributed by atoms with Crippen molar-refractivity contribution in [3.63, 3.8) is 0 Å². The Hall–Kier alpha value is 0.114. The zero-order chi connectivity index (χ0) is 19.2. The predicted molar refractivity (Wildman–Crippen MR) is 98.6 cm³/mol. The summed E-state index contributed by atoms with van der Waals surface area (Å²) in [5, 5.41) is 0. The van der Waals surface area contributed by atoms with Crippen LogP contribution in [0.1, 0.15) is 20.3 Å². The summed E-state index contributed by atoms with van der Waals surface area (Å²) in [5.74, 6) is 0. The van der Waals surface area contributed by atoms with Crippen LogP contribution in [0.25, 0.3) is 0 Å². The number of hydrogen-bond acceptors (Lipinski definition) is 8. The highest BCUT2D eigenvalue weighted by molar-refractivity contribution is 6.66. The lowest BCUT2D eigenvalue weighted by Gasteiger charge is -2.25. The molecule has 0 aromatic rings. The van der Waals surface area contributed by atoms with Crippen LogP contribution >= 0.6 is 0 Å². The maximum absolute atomic E-state index is 5.75. The first-order chi connectivity index (χ1) is 11.9. The summed E-state index contributed by atoms with van der Waals surface area (Å²) in [6.45, 7) is 10.0.